The summed E-state index contributed by atoms with van der Waals surface area (Å²) in [4.78, 5) is 20.6. The molecule has 0 radical (unpaired) electrons. The zero-order valence-corrected chi connectivity index (χ0v) is 18.1. The number of benzene rings is 2. The summed E-state index contributed by atoms with van der Waals surface area (Å²) < 4.78 is 18.8. The molecule has 0 saturated carbocycles. The number of carbonyl (C=O) groups excluding carboxylic acids is 1. The summed E-state index contributed by atoms with van der Waals surface area (Å²) in [6.07, 6.45) is 3.27. The number of nitriles is 1. The number of hydrogen-bond acceptors (Lipinski definition) is 7. The second kappa shape index (κ2) is 9.96. The van der Waals surface area contributed by atoms with E-state index in [0.717, 1.165) is 5.56 Å². The van der Waals surface area contributed by atoms with Gasteiger partial charge in [-0.2, -0.15) is 5.26 Å². The lowest BCUT2D eigenvalue weighted by atomic mass is 10.1. The minimum atomic E-state index is -0.330. The molecule has 1 N–H and O–H groups in total. The second-order valence-corrected chi connectivity index (χ2v) is 8.18. The van der Waals surface area contributed by atoms with E-state index in [1.54, 1.807) is 48.0 Å². The number of amides is 1. The highest BCUT2D eigenvalue weighted by Crippen LogP contribution is 2.29. The van der Waals surface area contributed by atoms with Crippen LogP contribution in [0.4, 0.5) is 9.52 Å². The Morgan fingerprint density at radius 1 is 1.19 bits per heavy atom. The van der Waals surface area contributed by atoms with Crippen molar-refractivity contribution in [2.75, 3.05) is 11.9 Å². The quantitative estimate of drug-likeness (QED) is 0.367. The van der Waals surface area contributed by atoms with E-state index in [1.165, 1.54) is 34.8 Å². The van der Waals surface area contributed by atoms with E-state index in [-0.39, 0.29) is 18.3 Å². The molecule has 0 aliphatic heterocycles. The summed E-state index contributed by atoms with van der Waals surface area (Å²) in [5, 5.41) is 17.0. The molecular weight excluding hydrogens is 447 g/mol. The van der Waals surface area contributed by atoms with Gasteiger partial charge in [0.25, 0.3) is 5.91 Å². The lowest BCUT2D eigenvalue weighted by molar-refractivity contribution is -0.118. The van der Waals surface area contributed by atoms with Crippen LogP contribution in [0.15, 0.2) is 65.5 Å². The molecule has 2 aromatic heterocycles. The van der Waals surface area contributed by atoms with Gasteiger partial charge in [-0.15, -0.1) is 22.7 Å². The van der Waals surface area contributed by atoms with Crippen LogP contribution in [0.2, 0.25) is 0 Å². The van der Waals surface area contributed by atoms with E-state index in [2.05, 4.69) is 21.4 Å². The van der Waals surface area contributed by atoms with E-state index in [4.69, 9.17) is 4.74 Å². The number of allylic oxidation sites excluding steroid dienone is 1. The zero-order chi connectivity index (χ0) is 22.3. The van der Waals surface area contributed by atoms with Crippen molar-refractivity contribution in [2.45, 2.75) is 0 Å². The van der Waals surface area contributed by atoms with Crippen LogP contribution in [-0.2, 0) is 4.79 Å². The summed E-state index contributed by atoms with van der Waals surface area (Å²) >= 11 is 2.64. The summed E-state index contributed by atoms with van der Waals surface area (Å²) in [6.45, 7) is -0.196. The monoisotopic (exact) mass is 462 g/mol. The topological polar surface area (TPSA) is 87.9 Å². The Morgan fingerprint density at radius 2 is 2.00 bits per heavy atom. The number of thiazole rings is 2. The largest absolute Gasteiger partial charge is 0.483 e. The number of rotatable bonds is 7. The van der Waals surface area contributed by atoms with Gasteiger partial charge < -0.3 is 4.74 Å². The van der Waals surface area contributed by atoms with Crippen molar-refractivity contribution in [2.24, 2.45) is 0 Å². The number of anilines is 1. The van der Waals surface area contributed by atoms with Crippen LogP contribution in [0.25, 0.3) is 22.9 Å². The molecule has 1 amide bonds. The van der Waals surface area contributed by atoms with E-state index >= 15 is 0 Å². The number of ether oxygens (including phenoxy) is 1. The third-order valence-corrected chi connectivity index (χ3v) is 5.82. The molecule has 0 spiro atoms. The first-order chi connectivity index (χ1) is 15.6. The third-order valence-electron chi connectivity index (χ3n) is 4.25. The zero-order valence-electron chi connectivity index (χ0n) is 16.5. The molecule has 158 valence electrons. The molecule has 9 heteroatoms. The summed E-state index contributed by atoms with van der Waals surface area (Å²) in [7, 11) is 0. The van der Waals surface area contributed by atoms with E-state index in [1.807, 2.05) is 11.4 Å². The Morgan fingerprint density at radius 3 is 2.75 bits per heavy atom. The SMILES string of the molecule is N#CC(=Cc1ccccc1OCC(=O)Nc1nccs1)c1nc(-c2ccc(F)cc2)cs1. The predicted molar refractivity (Wildman–Crippen MR) is 124 cm³/mol. The molecule has 4 rings (SSSR count). The normalized spacial score (nSPS) is 11.1. The Kier molecular flexibility index (Phi) is 6.65. The van der Waals surface area contributed by atoms with Crippen molar-refractivity contribution in [1.29, 1.82) is 5.26 Å². The molecular formula is C23H15FN4O2S2. The van der Waals surface area contributed by atoms with Crippen LogP contribution >= 0.6 is 22.7 Å². The Labute approximate surface area is 191 Å². The van der Waals surface area contributed by atoms with Crippen LogP contribution < -0.4 is 10.1 Å². The Hall–Kier alpha value is -3.87. The van der Waals surface area contributed by atoms with Crippen molar-refractivity contribution < 1.29 is 13.9 Å². The molecule has 2 aromatic carbocycles. The highest BCUT2D eigenvalue weighted by atomic mass is 32.1. The molecule has 0 aliphatic rings. The van der Waals surface area contributed by atoms with Gasteiger partial charge in [-0.25, -0.2) is 14.4 Å². The first kappa shape index (κ1) is 21.4. The number of halogens is 1. The fourth-order valence-corrected chi connectivity index (χ4v) is 4.10. The van der Waals surface area contributed by atoms with Crippen LogP contribution in [0.3, 0.4) is 0 Å². The average Bonchev–Trinajstić information content (AvgIpc) is 3.50. The van der Waals surface area contributed by atoms with Crippen molar-refractivity contribution in [1.82, 2.24) is 9.97 Å². The van der Waals surface area contributed by atoms with Gasteiger partial charge in [-0.05, 0) is 36.4 Å². The smallest absolute Gasteiger partial charge is 0.264 e. The molecule has 2 heterocycles. The molecule has 0 atom stereocenters. The van der Waals surface area contributed by atoms with Gasteiger partial charge in [0, 0.05) is 28.1 Å². The number of nitrogens with one attached hydrogen (secondary N) is 1. The first-order valence-electron chi connectivity index (χ1n) is 9.37. The summed E-state index contributed by atoms with van der Waals surface area (Å²) in [5.41, 5.74) is 2.42. The Bertz CT molecular complexity index is 1290. The minimum absolute atomic E-state index is 0.196. The molecule has 32 heavy (non-hydrogen) atoms. The van der Waals surface area contributed by atoms with Gasteiger partial charge in [0.2, 0.25) is 0 Å². The van der Waals surface area contributed by atoms with Crippen molar-refractivity contribution in [3.63, 3.8) is 0 Å². The number of carbonyl (C=O) groups is 1. The third kappa shape index (κ3) is 5.24. The fourth-order valence-electron chi connectivity index (χ4n) is 2.76. The maximum Gasteiger partial charge on any atom is 0.264 e. The summed E-state index contributed by atoms with van der Waals surface area (Å²) in [6, 6.07) is 15.3. The van der Waals surface area contributed by atoms with Crippen molar-refractivity contribution >= 4 is 45.4 Å². The van der Waals surface area contributed by atoms with Crippen molar-refractivity contribution in [3.05, 3.63) is 81.9 Å². The average molecular weight is 463 g/mol. The second-order valence-electron chi connectivity index (χ2n) is 6.43. The van der Waals surface area contributed by atoms with E-state index in [0.29, 0.717) is 32.7 Å². The van der Waals surface area contributed by atoms with Crippen LogP contribution in [0.1, 0.15) is 10.6 Å². The Balaban J connectivity index is 1.52. The number of para-hydroxylation sites is 1. The number of hydrogen-bond donors (Lipinski definition) is 1. The van der Waals surface area contributed by atoms with E-state index < -0.39 is 0 Å². The van der Waals surface area contributed by atoms with Gasteiger partial charge in [0.1, 0.15) is 22.6 Å². The molecule has 0 unspecified atom stereocenters. The molecule has 6 nitrogen and oxygen atoms in total. The highest BCUT2D eigenvalue weighted by Gasteiger charge is 2.12. The fraction of sp³-hybridized carbons (Fsp3) is 0.0435. The van der Waals surface area contributed by atoms with Gasteiger partial charge in [0.05, 0.1) is 11.3 Å². The summed E-state index contributed by atoms with van der Waals surface area (Å²) in [5.74, 6) is -0.188. The maximum atomic E-state index is 13.2. The molecule has 0 fully saturated rings. The lowest BCUT2D eigenvalue weighted by Crippen LogP contribution is -2.20. The van der Waals surface area contributed by atoms with Gasteiger partial charge in [-0.1, -0.05) is 18.2 Å². The standard InChI is InChI=1S/C23H15FN4O2S2/c24-18-7-5-15(6-8-18)19-14-32-22(27-19)17(12-25)11-16-3-1-2-4-20(16)30-13-21(29)28-23-26-9-10-31-23/h1-11,14H,13H2,(H,26,28,29). The van der Waals surface area contributed by atoms with Crippen LogP contribution in [0.5, 0.6) is 5.75 Å². The highest BCUT2D eigenvalue weighted by molar-refractivity contribution is 7.13. The number of nitrogens with zero attached hydrogens (tertiary/aromatic N) is 3. The van der Waals surface area contributed by atoms with Crippen LogP contribution in [-0.4, -0.2) is 22.5 Å². The first-order valence-corrected chi connectivity index (χ1v) is 11.1. The van der Waals surface area contributed by atoms with Crippen molar-refractivity contribution in [3.8, 4) is 23.1 Å². The van der Waals surface area contributed by atoms with Gasteiger partial charge >= 0.3 is 0 Å². The number of aromatic nitrogens is 2. The molecule has 4 aromatic rings. The van der Waals surface area contributed by atoms with E-state index in [9.17, 15) is 14.4 Å². The van der Waals surface area contributed by atoms with Gasteiger partial charge in [-0.3, -0.25) is 10.1 Å². The molecule has 0 bridgehead atoms. The maximum absolute atomic E-state index is 13.2. The molecule has 0 aliphatic carbocycles. The van der Waals surface area contributed by atoms with Crippen LogP contribution in [0, 0.1) is 17.1 Å². The van der Waals surface area contributed by atoms with Gasteiger partial charge in [0.15, 0.2) is 11.7 Å². The molecule has 0 saturated heterocycles. The predicted octanol–water partition coefficient (Wildman–Crippen LogP) is 5.49. The lowest BCUT2D eigenvalue weighted by Gasteiger charge is -2.09. The minimum Gasteiger partial charge on any atom is -0.483 e.